The van der Waals surface area contributed by atoms with E-state index in [9.17, 15) is 20.1 Å². The summed E-state index contributed by atoms with van der Waals surface area (Å²) in [6.45, 7) is 7.36. The van der Waals surface area contributed by atoms with E-state index < -0.39 is 18.3 Å². The van der Waals surface area contributed by atoms with E-state index in [-0.39, 0.29) is 5.91 Å². The molecule has 2 heterocycles. The number of carbonyl (C=O) groups excluding carboxylic acids is 1. The van der Waals surface area contributed by atoms with Crippen LogP contribution in [0.3, 0.4) is 0 Å². The molecule has 0 aromatic carbocycles. The van der Waals surface area contributed by atoms with Crippen molar-refractivity contribution < 1.29 is 20.1 Å². The summed E-state index contributed by atoms with van der Waals surface area (Å²) in [4.78, 5) is 16.0. The van der Waals surface area contributed by atoms with Crippen LogP contribution in [-0.2, 0) is 4.79 Å². The van der Waals surface area contributed by atoms with Crippen molar-refractivity contribution in [2.45, 2.75) is 51.4 Å². The standard InChI is InChI=1S/C16H30N2O4/c1-11(2)7-15(21)18-5-3-12(4-6-18)8-17-9-13(19)16(22)14(20)10-17/h11-14,16,19-20,22H,3-10H2,1-2H3/t13-,14+,16?. The first-order valence-corrected chi connectivity index (χ1v) is 8.41. The maximum Gasteiger partial charge on any atom is 0.222 e. The van der Waals surface area contributed by atoms with E-state index in [1.165, 1.54) is 0 Å². The van der Waals surface area contributed by atoms with Gasteiger partial charge in [0.1, 0.15) is 6.10 Å². The second-order valence-corrected chi connectivity index (χ2v) is 7.27. The minimum Gasteiger partial charge on any atom is -0.389 e. The third-order valence-electron chi connectivity index (χ3n) is 4.75. The monoisotopic (exact) mass is 314 g/mol. The van der Waals surface area contributed by atoms with Gasteiger partial charge in [-0.3, -0.25) is 9.69 Å². The number of aliphatic hydroxyl groups excluding tert-OH is 3. The number of β-amino-alcohol motifs (C(OH)–C–C–N with tert-alkyl or cyclic N) is 2. The average Bonchev–Trinajstić information content (AvgIpc) is 2.44. The molecule has 2 fully saturated rings. The third-order valence-corrected chi connectivity index (χ3v) is 4.75. The molecule has 22 heavy (non-hydrogen) atoms. The third kappa shape index (κ3) is 4.65. The van der Waals surface area contributed by atoms with Gasteiger partial charge in [0.25, 0.3) is 0 Å². The normalized spacial score (nSPS) is 31.7. The van der Waals surface area contributed by atoms with Gasteiger partial charge in [-0.25, -0.2) is 0 Å². The van der Waals surface area contributed by atoms with E-state index in [1.54, 1.807) is 0 Å². The van der Waals surface area contributed by atoms with Crippen LogP contribution in [0.25, 0.3) is 0 Å². The Kier molecular flexibility index (Phi) is 6.20. The van der Waals surface area contributed by atoms with Crippen molar-refractivity contribution in [1.29, 1.82) is 0 Å². The summed E-state index contributed by atoms with van der Waals surface area (Å²) in [6.07, 6.45) is -0.239. The predicted molar refractivity (Wildman–Crippen MR) is 83.2 cm³/mol. The molecule has 1 unspecified atom stereocenters. The van der Waals surface area contributed by atoms with Crippen molar-refractivity contribution in [3.05, 3.63) is 0 Å². The van der Waals surface area contributed by atoms with Crippen LogP contribution < -0.4 is 0 Å². The Morgan fingerprint density at radius 3 is 2.14 bits per heavy atom. The van der Waals surface area contributed by atoms with E-state index in [4.69, 9.17) is 0 Å². The average molecular weight is 314 g/mol. The van der Waals surface area contributed by atoms with Crippen LogP contribution in [0.4, 0.5) is 0 Å². The summed E-state index contributed by atoms with van der Waals surface area (Å²) in [5, 5.41) is 29.1. The topological polar surface area (TPSA) is 84.2 Å². The van der Waals surface area contributed by atoms with Crippen LogP contribution in [0.5, 0.6) is 0 Å². The zero-order chi connectivity index (χ0) is 16.3. The minimum absolute atomic E-state index is 0.250. The van der Waals surface area contributed by atoms with Crippen molar-refractivity contribution in [3.8, 4) is 0 Å². The van der Waals surface area contributed by atoms with E-state index in [0.29, 0.717) is 31.3 Å². The molecule has 0 aromatic rings. The van der Waals surface area contributed by atoms with E-state index in [2.05, 4.69) is 13.8 Å². The van der Waals surface area contributed by atoms with Crippen LogP contribution in [-0.4, -0.2) is 82.1 Å². The first kappa shape index (κ1) is 17.7. The van der Waals surface area contributed by atoms with Crippen molar-refractivity contribution >= 4 is 5.91 Å². The Morgan fingerprint density at radius 1 is 1.09 bits per heavy atom. The Labute approximate surface area is 132 Å². The van der Waals surface area contributed by atoms with Crippen molar-refractivity contribution in [2.24, 2.45) is 11.8 Å². The maximum absolute atomic E-state index is 12.0. The lowest BCUT2D eigenvalue weighted by molar-refractivity contribution is -0.133. The highest BCUT2D eigenvalue weighted by Crippen LogP contribution is 2.22. The Balaban J connectivity index is 1.74. The number of nitrogens with zero attached hydrogens (tertiary/aromatic N) is 2. The molecule has 0 spiro atoms. The molecule has 6 nitrogen and oxygen atoms in total. The number of hydrogen-bond donors (Lipinski definition) is 3. The van der Waals surface area contributed by atoms with Crippen molar-refractivity contribution in [2.75, 3.05) is 32.7 Å². The van der Waals surface area contributed by atoms with Gasteiger partial charge in [-0.2, -0.15) is 0 Å². The first-order chi connectivity index (χ1) is 10.4. The summed E-state index contributed by atoms with van der Waals surface area (Å²) < 4.78 is 0. The largest absolute Gasteiger partial charge is 0.389 e. The van der Waals surface area contributed by atoms with Gasteiger partial charge in [-0.05, 0) is 24.7 Å². The number of carbonyl (C=O) groups is 1. The fourth-order valence-corrected chi connectivity index (χ4v) is 3.43. The Morgan fingerprint density at radius 2 is 1.64 bits per heavy atom. The summed E-state index contributed by atoms with van der Waals surface area (Å²) >= 11 is 0. The van der Waals surface area contributed by atoms with Gasteiger partial charge in [0.15, 0.2) is 0 Å². The van der Waals surface area contributed by atoms with E-state index in [1.807, 2.05) is 9.80 Å². The number of rotatable bonds is 4. The van der Waals surface area contributed by atoms with Crippen LogP contribution in [0, 0.1) is 11.8 Å². The van der Waals surface area contributed by atoms with Gasteiger partial charge in [0.05, 0.1) is 12.2 Å². The SMILES string of the molecule is CC(C)CC(=O)N1CCC(CN2C[C@@H](O)C(O)[C@@H](O)C2)CC1. The molecule has 2 aliphatic heterocycles. The van der Waals surface area contributed by atoms with Gasteiger partial charge >= 0.3 is 0 Å². The van der Waals surface area contributed by atoms with Gasteiger partial charge in [0.2, 0.25) is 5.91 Å². The molecule has 128 valence electrons. The highest BCUT2D eigenvalue weighted by atomic mass is 16.4. The fraction of sp³-hybridized carbons (Fsp3) is 0.938. The summed E-state index contributed by atoms with van der Waals surface area (Å²) in [7, 11) is 0. The highest BCUT2D eigenvalue weighted by molar-refractivity contribution is 5.76. The lowest BCUT2D eigenvalue weighted by Gasteiger charge is -2.40. The zero-order valence-corrected chi connectivity index (χ0v) is 13.7. The number of piperidine rings is 2. The Hall–Kier alpha value is -0.690. The number of amides is 1. The van der Waals surface area contributed by atoms with Gasteiger partial charge in [0, 0.05) is 39.1 Å². The molecule has 2 rings (SSSR count). The molecule has 0 aliphatic carbocycles. The van der Waals surface area contributed by atoms with E-state index in [0.717, 1.165) is 32.5 Å². The molecule has 0 bridgehead atoms. The summed E-state index contributed by atoms with van der Waals surface area (Å²) in [6, 6.07) is 0. The quantitative estimate of drug-likeness (QED) is 0.662. The molecule has 0 aromatic heterocycles. The predicted octanol–water partition coefficient (Wildman–Crippen LogP) is -0.331. The Bertz CT molecular complexity index is 357. The van der Waals surface area contributed by atoms with Crippen LogP contribution >= 0.6 is 0 Å². The second-order valence-electron chi connectivity index (χ2n) is 7.27. The van der Waals surface area contributed by atoms with Crippen LogP contribution in [0.2, 0.25) is 0 Å². The summed E-state index contributed by atoms with van der Waals surface area (Å²) in [5.41, 5.74) is 0. The molecule has 0 saturated carbocycles. The fourth-order valence-electron chi connectivity index (χ4n) is 3.43. The highest BCUT2D eigenvalue weighted by Gasteiger charge is 2.34. The second kappa shape index (κ2) is 7.73. The first-order valence-electron chi connectivity index (χ1n) is 8.41. The molecule has 2 saturated heterocycles. The molecule has 3 N–H and O–H groups in total. The van der Waals surface area contributed by atoms with Crippen LogP contribution in [0.1, 0.15) is 33.1 Å². The molecule has 3 atom stereocenters. The molecular weight excluding hydrogens is 284 g/mol. The van der Waals surface area contributed by atoms with Gasteiger partial charge in [-0.15, -0.1) is 0 Å². The smallest absolute Gasteiger partial charge is 0.222 e. The lowest BCUT2D eigenvalue weighted by atomic mass is 9.93. The number of aliphatic hydroxyl groups is 3. The number of likely N-dealkylation sites (tertiary alicyclic amines) is 2. The molecule has 2 aliphatic rings. The van der Waals surface area contributed by atoms with Crippen molar-refractivity contribution in [1.82, 2.24) is 9.80 Å². The minimum atomic E-state index is -1.04. The zero-order valence-electron chi connectivity index (χ0n) is 13.7. The van der Waals surface area contributed by atoms with Gasteiger partial charge in [-0.1, -0.05) is 13.8 Å². The molecule has 6 heteroatoms. The number of hydrogen-bond acceptors (Lipinski definition) is 5. The summed E-state index contributed by atoms with van der Waals surface area (Å²) in [5.74, 6) is 1.13. The maximum atomic E-state index is 12.0. The molecule has 0 radical (unpaired) electrons. The molecule has 1 amide bonds. The van der Waals surface area contributed by atoms with Crippen molar-refractivity contribution in [3.63, 3.8) is 0 Å². The lowest BCUT2D eigenvalue weighted by Crippen LogP contribution is -2.56. The molecular formula is C16H30N2O4. The van der Waals surface area contributed by atoms with E-state index >= 15 is 0 Å². The van der Waals surface area contributed by atoms with Gasteiger partial charge < -0.3 is 20.2 Å². The van der Waals surface area contributed by atoms with Crippen LogP contribution in [0.15, 0.2) is 0 Å².